The number of nitrogens with one attached hydrogen (secondary N) is 2. The Bertz CT molecular complexity index is 1100. The number of aryl methyl sites for hydroxylation is 1. The second-order valence-electron chi connectivity index (χ2n) is 6.70. The summed E-state index contributed by atoms with van der Waals surface area (Å²) in [6.07, 6.45) is 6.12. The maximum Gasteiger partial charge on any atom is 0.254 e. The molecule has 8 heteroatoms. The summed E-state index contributed by atoms with van der Waals surface area (Å²) in [5.41, 5.74) is 5.04. The molecule has 4 aromatic rings. The van der Waals surface area contributed by atoms with E-state index in [2.05, 4.69) is 25.7 Å². The van der Waals surface area contributed by atoms with E-state index in [4.69, 9.17) is 9.26 Å². The molecule has 0 aliphatic carbocycles. The van der Waals surface area contributed by atoms with E-state index < -0.39 is 0 Å². The molecule has 3 heterocycles. The molecule has 30 heavy (non-hydrogen) atoms. The predicted octanol–water partition coefficient (Wildman–Crippen LogP) is 3.38. The second kappa shape index (κ2) is 9.04. The SMILES string of the molecule is COc1cc(CCC(=O)NCc2ccc(-c3[nH]ncc3-c3ccncc3)cc2)on1. The van der Waals surface area contributed by atoms with Crippen LogP contribution in [0.5, 0.6) is 5.88 Å². The Kier molecular flexibility index (Phi) is 5.84. The van der Waals surface area contributed by atoms with Crippen molar-refractivity contribution in [3.05, 3.63) is 72.4 Å². The number of carbonyl (C=O) groups excluding carboxylic acids is 1. The van der Waals surface area contributed by atoms with Crippen molar-refractivity contribution < 1.29 is 14.1 Å². The van der Waals surface area contributed by atoms with E-state index >= 15 is 0 Å². The minimum atomic E-state index is -0.0528. The minimum absolute atomic E-state index is 0.0528. The Morgan fingerprint density at radius 1 is 1.13 bits per heavy atom. The number of H-pyrrole nitrogens is 1. The van der Waals surface area contributed by atoms with Gasteiger partial charge in [-0.05, 0) is 28.4 Å². The first-order valence-corrected chi connectivity index (χ1v) is 9.52. The highest BCUT2D eigenvalue weighted by Gasteiger charge is 2.11. The van der Waals surface area contributed by atoms with E-state index in [1.54, 1.807) is 18.5 Å². The van der Waals surface area contributed by atoms with Gasteiger partial charge in [0.1, 0.15) is 5.76 Å². The van der Waals surface area contributed by atoms with Crippen LogP contribution in [0.2, 0.25) is 0 Å². The van der Waals surface area contributed by atoms with E-state index in [0.717, 1.165) is 27.9 Å². The molecule has 0 fully saturated rings. The van der Waals surface area contributed by atoms with E-state index in [1.807, 2.05) is 42.6 Å². The molecule has 2 N–H and O–H groups in total. The molecular formula is C22H21N5O3. The number of pyridine rings is 1. The van der Waals surface area contributed by atoms with Gasteiger partial charge in [-0.15, -0.1) is 0 Å². The molecule has 1 aromatic carbocycles. The van der Waals surface area contributed by atoms with Gasteiger partial charge in [-0.2, -0.15) is 5.10 Å². The van der Waals surface area contributed by atoms with Crippen molar-refractivity contribution in [2.45, 2.75) is 19.4 Å². The maximum atomic E-state index is 12.1. The zero-order chi connectivity index (χ0) is 20.8. The number of ether oxygens (including phenoxy) is 1. The molecule has 4 rings (SSSR count). The van der Waals surface area contributed by atoms with E-state index in [0.29, 0.717) is 31.0 Å². The first-order valence-electron chi connectivity index (χ1n) is 9.52. The molecule has 0 bridgehead atoms. The fourth-order valence-corrected chi connectivity index (χ4v) is 3.08. The summed E-state index contributed by atoms with van der Waals surface area (Å²) >= 11 is 0. The molecule has 1 amide bonds. The number of methoxy groups -OCH3 is 1. The molecule has 0 aliphatic rings. The molecular weight excluding hydrogens is 382 g/mol. The molecule has 0 saturated carbocycles. The molecule has 3 aromatic heterocycles. The number of amides is 1. The molecule has 8 nitrogen and oxygen atoms in total. The Labute approximate surface area is 173 Å². The number of benzene rings is 1. The van der Waals surface area contributed by atoms with Crippen LogP contribution in [0, 0.1) is 0 Å². The standard InChI is InChI=1S/C22H21N5O3/c1-29-21-12-18(30-27-21)6-7-20(28)24-13-15-2-4-17(5-3-15)22-19(14-25-26-22)16-8-10-23-11-9-16/h2-5,8-12,14H,6-7,13H2,1H3,(H,24,28)(H,25,26). The molecule has 152 valence electrons. The average molecular weight is 403 g/mol. The van der Waals surface area contributed by atoms with Crippen LogP contribution < -0.4 is 10.1 Å². The van der Waals surface area contributed by atoms with Crippen LogP contribution in [0.3, 0.4) is 0 Å². The fourth-order valence-electron chi connectivity index (χ4n) is 3.08. The highest BCUT2D eigenvalue weighted by atomic mass is 16.5. The normalized spacial score (nSPS) is 10.7. The molecule has 0 aliphatic heterocycles. The monoisotopic (exact) mass is 403 g/mol. The van der Waals surface area contributed by atoms with Crippen LogP contribution in [0.1, 0.15) is 17.7 Å². The third-order valence-corrected chi connectivity index (χ3v) is 4.71. The summed E-state index contributed by atoms with van der Waals surface area (Å²) in [5.74, 6) is 0.980. The van der Waals surface area contributed by atoms with Crippen molar-refractivity contribution in [3.8, 4) is 28.3 Å². The molecule has 0 saturated heterocycles. The largest absolute Gasteiger partial charge is 0.479 e. The van der Waals surface area contributed by atoms with Crippen LogP contribution >= 0.6 is 0 Å². The van der Waals surface area contributed by atoms with Crippen LogP contribution in [0.4, 0.5) is 0 Å². The van der Waals surface area contributed by atoms with Gasteiger partial charge in [-0.1, -0.05) is 24.3 Å². The molecule has 0 spiro atoms. The van der Waals surface area contributed by atoms with Gasteiger partial charge in [0.25, 0.3) is 5.88 Å². The maximum absolute atomic E-state index is 12.1. The van der Waals surface area contributed by atoms with E-state index in [-0.39, 0.29) is 5.91 Å². The number of nitrogens with zero attached hydrogens (tertiary/aromatic N) is 3. The number of aromatic amines is 1. The van der Waals surface area contributed by atoms with Crippen molar-refractivity contribution in [1.29, 1.82) is 0 Å². The van der Waals surface area contributed by atoms with E-state index in [9.17, 15) is 4.79 Å². The van der Waals surface area contributed by atoms with Gasteiger partial charge in [0.15, 0.2) is 0 Å². The summed E-state index contributed by atoms with van der Waals surface area (Å²) in [5, 5.41) is 13.9. The Hall–Kier alpha value is -3.94. The predicted molar refractivity (Wildman–Crippen MR) is 110 cm³/mol. The summed E-state index contributed by atoms with van der Waals surface area (Å²) in [6.45, 7) is 0.457. The topological polar surface area (TPSA) is 106 Å². The lowest BCUT2D eigenvalue weighted by Gasteiger charge is -2.07. The smallest absolute Gasteiger partial charge is 0.254 e. The number of hydrogen-bond acceptors (Lipinski definition) is 6. The van der Waals surface area contributed by atoms with E-state index in [1.165, 1.54) is 7.11 Å². The molecule has 0 unspecified atom stereocenters. The van der Waals surface area contributed by atoms with Crippen LogP contribution in [0.15, 0.2) is 65.6 Å². The van der Waals surface area contributed by atoms with Gasteiger partial charge < -0.3 is 14.6 Å². The quantitative estimate of drug-likeness (QED) is 0.467. The second-order valence-corrected chi connectivity index (χ2v) is 6.70. The zero-order valence-corrected chi connectivity index (χ0v) is 16.5. The summed E-state index contributed by atoms with van der Waals surface area (Å²) in [4.78, 5) is 16.2. The highest BCUT2D eigenvalue weighted by molar-refractivity contribution is 5.80. The van der Waals surface area contributed by atoms with Crippen molar-refractivity contribution in [1.82, 2.24) is 25.7 Å². The van der Waals surface area contributed by atoms with Crippen molar-refractivity contribution in [2.24, 2.45) is 0 Å². The average Bonchev–Trinajstić information content (AvgIpc) is 3.47. The van der Waals surface area contributed by atoms with Gasteiger partial charge in [-0.3, -0.25) is 14.9 Å². The third kappa shape index (κ3) is 4.54. The fraction of sp³-hybridized carbons (Fsp3) is 0.182. The van der Waals surface area contributed by atoms with Gasteiger partial charge >= 0.3 is 0 Å². The lowest BCUT2D eigenvalue weighted by atomic mass is 10.0. The van der Waals surface area contributed by atoms with Crippen LogP contribution in [0.25, 0.3) is 22.4 Å². The number of aromatic nitrogens is 4. The van der Waals surface area contributed by atoms with Crippen LogP contribution in [-0.2, 0) is 17.8 Å². The Morgan fingerprint density at radius 3 is 2.67 bits per heavy atom. The molecule has 0 radical (unpaired) electrons. The number of rotatable bonds is 8. The van der Waals surface area contributed by atoms with Gasteiger partial charge in [-0.25, -0.2) is 0 Å². The summed E-state index contributed by atoms with van der Waals surface area (Å²) < 4.78 is 10.1. The van der Waals surface area contributed by atoms with Crippen LogP contribution in [-0.4, -0.2) is 33.4 Å². The Morgan fingerprint density at radius 2 is 1.93 bits per heavy atom. The summed E-state index contributed by atoms with van der Waals surface area (Å²) in [6, 6.07) is 13.6. The van der Waals surface area contributed by atoms with Gasteiger partial charge in [0, 0.05) is 49.0 Å². The summed E-state index contributed by atoms with van der Waals surface area (Å²) in [7, 11) is 1.52. The molecule has 0 atom stereocenters. The van der Waals surface area contributed by atoms with Crippen molar-refractivity contribution in [3.63, 3.8) is 0 Å². The highest BCUT2D eigenvalue weighted by Crippen LogP contribution is 2.29. The lowest BCUT2D eigenvalue weighted by molar-refractivity contribution is -0.121. The Balaban J connectivity index is 1.33. The first kappa shape index (κ1) is 19.4. The minimum Gasteiger partial charge on any atom is -0.479 e. The van der Waals surface area contributed by atoms with Gasteiger partial charge in [0.2, 0.25) is 5.91 Å². The number of carbonyl (C=O) groups is 1. The van der Waals surface area contributed by atoms with Crippen molar-refractivity contribution in [2.75, 3.05) is 7.11 Å². The van der Waals surface area contributed by atoms with Crippen molar-refractivity contribution >= 4 is 5.91 Å². The third-order valence-electron chi connectivity index (χ3n) is 4.71. The van der Waals surface area contributed by atoms with Gasteiger partial charge in [0.05, 0.1) is 19.0 Å². The number of hydrogen-bond donors (Lipinski definition) is 2. The zero-order valence-electron chi connectivity index (χ0n) is 16.5. The first-order chi connectivity index (χ1) is 14.7. The lowest BCUT2D eigenvalue weighted by Crippen LogP contribution is -2.22.